The minimum absolute atomic E-state index is 0.296. The molecule has 0 unspecified atom stereocenters. The lowest BCUT2D eigenvalue weighted by Gasteiger charge is -2.00. The summed E-state index contributed by atoms with van der Waals surface area (Å²) in [7, 11) is 3.12. The van der Waals surface area contributed by atoms with Gasteiger partial charge in [-0.25, -0.2) is 4.39 Å². The third-order valence-corrected chi connectivity index (χ3v) is 3.07. The highest BCUT2D eigenvalue weighted by Crippen LogP contribution is 2.38. The van der Waals surface area contributed by atoms with Gasteiger partial charge in [-0.2, -0.15) is 0 Å². The molecule has 2 rings (SSSR count). The van der Waals surface area contributed by atoms with Crippen LogP contribution in [0.1, 0.15) is 0 Å². The molecule has 1 heterocycles. The molecular weight excluding hydrogens is 203 g/mol. The highest BCUT2D eigenvalue weighted by molar-refractivity contribution is 7.21. The fourth-order valence-electron chi connectivity index (χ4n) is 1.31. The van der Waals surface area contributed by atoms with E-state index in [9.17, 15) is 4.39 Å². The van der Waals surface area contributed by atoms with E-state index < -0.39 is 0 Å². The van der Waals surface area contributed by atoms with Gasteiger partial charge in [0, 0.05) is 11.5 Å². The molecule has 0 aliphatic rings. The summed E-state index contributed by atoms with van der Waals surface area (Å²) in [5.74, 6) is 0.253. The summed E-state index contributed by atoms with van der Waals surface area (Å²) < 4.78 is 24.1. The summed E-state index contributed by atoms with van der Waals surface area (Å²) in [5.41, 5.74) is 0. The predicted octanol–water partition coefficient (Wildman–Crippen LogP) is 3.06. The first-order chi connectivity index (χ1) is 6.74. The molecule has 0 fully saturated rings. The number of ether oxygens (including phenoxy) is 2. The van der Waals surface area contributed by atoms with Crippen molar-refractivity contribution in [3.05, 3.63) is 24.0 Å². The van der Waals surface area contributed by atoms with Crippen LogP contribution in [0.25, 0.3) is 10.1 Å². The second-order valence-electron chi connectivity index (χ2n) is 2.80. The molecule has 2 aromatic rings. The second-order valence-corrected chi connectivity index (χ2v) is 3.81. The van der Waals surface area contributed by atoms with Gasteiger partial charge in [0.05, 0.1) is 18.9 Å². The SMILES string of the molecule is COc1cc2cc(F)cc(OC)c2s1. The van der Waals surface area contributed by atoms with Crippen LogP contribution in [0.2, 0.25) is 0 Å². The van der Waals surface area contributed by atoms with Gasteiger partial charge in [0.1, 0.15) is 11.6 Å². The molecule has 1 aromatic carbocycles. The lowest BCUT2D eigenvalue weighted by Crippen LogP contribution is -1.83. The number of fused-ring (bicyclic) bond motifs is 1. The molecule has 0 saturated heterocycles. The van der Waals surface area contributed by atoms with Crippen LogP contribution in [0.5, 0.6) is 10.8 Å². The summed E-state index contributed by atoms with van der Waals surface area (Å²) in [5, 5.41) is 1.56. The van der Waals surface area contributed by atoms with Crippen molar-refractivity contribution < 1.29 is 13.9 Å². The highest BCUT2D eigenvalue weighted by Gasteiger charge is 2.09. The number of thiophene rings is 1. The fourth-order valence-corrected chi connectivity index (χ4v) is 2.26. The standard InChI is InChI=1S/C10H9FO2S/c1-12-8-5-7(11)3-6-4-9(13-2)14-10(6)8/h3-5H,1-2H3. The molecular formula is C10H9FO2S. The van der Waals surface area contributed by atoms with E-state index in [2.05, 4.69) is 0 Å². The molecule has 0 radical (unpaired) electrons. The second kappa shape index (κ2) is 3.46. The molecule has 0 bridgehead atoms. The van der Waals surface area contributed by atoms with Gasteiger partial charge >= 0.3 is 0 Å². The van der Waals surface area contributed by atoms with Crippen LogP contribution in [-0.4, -0.2) is 14.2 Å². The number of halogens is 1. The largest absolute Gasteiger partial charge is 0.495 e. The van der Waals surface area contributed by atoms with Crippen molar-refractivity contribution in [1.82, 2.24) is 0 Å². The Bertz CT molecular complexity index is 464. The van der Waals surface area contributed by atoms with Gasteiger partial charge in [0.15, 0.2) is 5.06 Å². The summed E-state index contributed by atoms with van der Waals surface area (Å²) in [6, 6.07) is 4.64. The minimum atomic E-state index is -0.296. The maximum Gasteiger partial charge on any atom is 0.174 e. The summed E-state index contributed by atoms with van der Waals surface area (Å²) >= 11 is 1.44. The molecule has 74 valence electrons. The average Bonchev–Trinajstić information content (AvgIpc) is 2.59. The number of methoxy groups -OCH3 is 2. The fraction of sp³-hybridized carbons (Fsp3) is 0.200. The Kier molecular flexibility index (Phi) is 2.29. The predicted molar refractivity (Wildman–Crippen MR) is 54.9 cm³/mol. The first-order valence-corrected chi connectivity index (χ1v) is 4.87. The minimum Gasteiger partial charge on any atom is -0.495 e. The van der Waals surface area contributed by atoms with Crippen molar-refractivity contribution in [2.45, 2.75) is 0 Å². The summed E-state index contributed by atoms with van der Waals surface area (Å²) in [6.07, 6.45) is 0. The van der Waals surface area contributed by atoms with Crippen LogP contribution in [0.4, 0.5) is 4.39 Å². The van der Waals surface area contributed by atoms with Crippen molar-refractivity contribution in [2.24, 2.45) is 0 Å². The Morgan fingerprint density at radius 1 is 1.14 bits per heavy atom. The van der Waals surface area contributed by atoms with E-state index in [0.717, 1.165) is 15.1 Å². The van der Waals surface area contributed by atoms with Gasteiger partial charge in [0.2, 0.25) is 0 Å². The molecule has 0 amide bonds. The molecule has 0 atom stereocenters. The van der Waals surface area contributed by atoms with Crippen LogP contribution in [0, 0.1) is 5.82 Å². The van der Waals surface area contributed by atoms with Crippen LogP contribution in [0.3, 0.4) is 0 Å². The average molecular weight is 212 g/mol. The van der Waals surface area contributed by atoms with Crippen LogP contribution < -0.4 is 9.47 Å². The first-order valence-electron chi connectivity index (χ1n) is 4.05. The Morgan fingerprint density at radius 2 is 1.93 bits per heavy atom. The van der Waals surface area contributed by atoms with Crippen molar-refractivity contribution in [2.75, 3.05) is 14.2 Å². The molecule has 0 N–H and O–H groups in total. The quantitative estimate of drug-likeness (QED) is 0.761. The van der Waals surface area contributed by atoms with Crippen molar-refractivity contribution in [3.8, 4) is 10.8 Å². The molecule has 1 aromatic heterocycles. The number of benzene rings is 1. The van der Waals surface area contributed by atoms with Gasteiger partial charge in [-0.05, 0) is 12.1 Å². The van der Waals surface area contributed by atoms with Gasteiger partial charge in [-0.3, -0.25) is 0 Å². The van der Waals surface area contributed by atoms with Crippen LogP contribution in [-0.2, 0) is 0 Å². The smallest absolute Gasteiger partial charge is 0.174 e. The molecule has 0 aliphatic carbocycles. The monoisotopic (exact) mass is 212 g/mol. The van der Waals surface area contributed by atoms with Crippen molar-refractivity contribution in [1.29, 1.82) is 0 Å². The van der Waals surface area contributed by atoms with E-state index in [1.54, 1.807) is 13.2 Å². The van der Waals surface area contributed by atoms with E-state index in [4.69, 9.17) is 9.47 Å². The van der Waals surface area contributed by atoms with Crippen LogP contribution in [0.15, 0.2) is 18.2 Å². The van der Waals surface area contributed by atoms with Gasteiger partial charge < -0.3 is 9.47 Å². The maximum atomic E-state index is 13.1. The van der Waals surface area contributed by atoms with E-state index in [-0.39, 0.29) is 5.82 Å². The number of rotatable bonds is 2. The normalized spacial score (nSPS) is 10.5. The van der Waals surface area contributed by atoms with Crippen molar-refractivity contribution >= 4 is 21.4 Å². The van der Waals surface area contributed by atoms with Gasteiger partial charge in [-0.15, -0.1) is 0 Å². The number of hydrogen-bond acceptors (Lipinski definition) is 3. The van der Waals surface area contributed by atoms with Crippen molar-refractivity contribution in [3.63, 3.8) is 0 Å². The zero-order chi connectivity index (χ0) is 10.1. The number of hydrogen-bond donors (Lipinski definition) is 0. The molecule has 0 aliphatic heterocycles. The topological polar surface area (TPSA) is 18.5 Å². The molecule has 0 spiro atoms. The van der Waals surface area contributed by atoms with Gasteiger partial charge in [0.25, 0.3) is 0 Å². The van der Waals surface area contributed by atoms with Gasteiger partial charge in [-0.1, -0.05) is 11.3 Å². The zero-order valence-electron chi connectivity index (χ0n) is 7.83. The highest BCUT2D eigenvalue weighted by atomic mass is 32.1. The Balaban J connectivity index is 2.71. The Hall–Kier alpha value is -1.29. The molecule has 14 heavy (non-hydrogen) atoms. The van der Waals surface area contributed by atoms with E-state index in [1.807, 2.05) is 0 Å². The molecule has 0 saturated carbocycles. The third kappa shape index (κ3) is 1.42. The summed E-state index contributed by atoms with van der Waals surface area (Å²) in [4.78, 5) is 0. The zero-order valence-corrected chi connectivity index (χ0v) is 8.65. The summed E-state index contributed by atoms with van der Waals surface area (Å²) in [6.45, 7) is 0. The van der Waals surface area contributed by atoms with E-state index in [1.165, 1.54) is 30.6 Å². The Morgan fingerprint density at radius 3 is 2.57 bits per heavy atom. The Labute approximate surface area is 84.9 Å². The molecule has 4 heteroatoms. The third-order valence-electron chi connectivity index (χ3n) is 1.95. The first kappa shape index (κ1) is 9.27. The van der Waals surface area contributed by atoms with E-state index in [0.29, 0.717) is 5.75 Å². The van der Waals surface area contributed by atoms with E-state index >= 15 is 0 Å². The molecule has 2 nitrogen and oxygen atoms in total. The van der Waals surface area contributed by atoms with Crippen LogP contribution >= 0.6 is 11.3 Å². The lowest BCUT2D eigenvalue weighted by molar-refractivity contribution is 0.417. The lowest BCUT2D eigenvalue weighted by atomic mass is 10.2. The maximum absolute atomic E-state index is 13.1.